The Bertz CT molecular complexity index is 412. The fourth-order valence-electron chi connectivity index (χ4n) is 3.12. The van der Waals surface area contributed by atoms with Gasteiger partial charge in [0.2, 0.25) is 0 Å². The molecule has 4 heteroatoms. The van der Waals surface area contributed by atoms with Crippen molar-refractivity contribution < 1.29 is 19.4 Å². The average molecular weight is 324 g/mol. The predicted molar refractivity (Wildman–Crippen MR) is 91.3 cm³/mol. The summed E-state index contributed by atoms with van der Waals surface area (Å²) in [5.41, 5.74) is 0.410. The van der Waals surface area contributed by atoms with Gasteiger partial charge in [0.15, 0.2) is 0 Å². The van der Waals surface area contributed by atoms with Crippen LogP contribution in [0.2, 0.25) is 0 Å². The molecule has 1 aliphatic rings. The third-order valence-corrected chi connectivity index (χ3v) is 4.58. The Balaban J connectivity index is 2.03. The van der Waals surface area contributed by atoms with E-state index >= 15 is 0 Å². The molecule has 23 heavy (non-hydrogen) atoms. The third kappa shape index (κ3) is 7.19. The number of carboxylic acid groups (broad SMARTS) is 1. The Hall–Kier alpha value is -1.32. The Labute approximate surface area is 140 Å². The largest absolute Gasteiger partial charge is 0.478 e. The SMILES string of the molecule is CCCCCCCCCCCCC[C@@H]1OC(=O)C(C)=C1C(=O)O. The van der Waals surface area contributed by atoms with Crippen LogP contribution in [0.1, 0.15) is 90.9 Å². The van der Waals surface area contributed by atoms with Crippen LogP contribution in [0.5, 0.6) is 0 Å². The summed E-state index contributed by atoms with van der Waals surface area (Å²) in [7, 11) is 0. The highest BCUT2D eigenvalue weighted by Crippen LogP contribution is 2.26. The molecule has 1 atom stereocenters. The van der Waals surface area contributed by atoms with Crippen LogP contribution >= 0.6 is 0 Å². The Kier molecular flexibility index (Phi) is 9.65. The maximum atomic E-state index is 11.5. The molecular formula is C19H32O4. The van der Waals surface area contributed by atoms with Gasteiger partial charge in [0, 0.05) is 5.57 Å². The topological polar surface area (TPSA) is 63.6 Å². The first kappa shape index (κ1) is 19.7. The number of carbonyl (C=O) groups excluding carboxylic acids is 1. The maximum absolute atomic E-state index is 11.5. The summed E-state index contributed by atoms with van der Waals surface area (Å²) in [6, 6.07) is 0. The first-order chi connectivity index (χ1) is 11.1. The van der Waals surface area contributed by atoms with Gasteiger partial charge in [-0.05, 0) is 19.8 Å². The smallest absolute Gasteiger partial charge is 0.335 e. The minimum Gasteiger partial charge on any atom is -0.478 e. The van der Waals surface area contributed by atoms with Crippen molar-refractivity contribution in [2.75, 3.05) is 0 Å². The summed E-state index contributed by atoms with van der Waals surface area (Å²) < 4.78 is 5.15. The molecule has 4 nitrogen and oxygen atoms in total. The van der Waals surface area contributed by atoms with Gasteiger partial charge in [-0.25, -0.2) is 9.59 Å². The van der Waals surface area contributed by atoms with E-state index in [1.807, 2.05) is 0 Å². The molecule has 0 amide bonds. The lowest BCUT2D eigenvalue weighted by atomic mass is 10.00. The third-order valence-electron chi connectivity index (χ3n) is 4.58. The zero-order chi connectivity index (χ0) is 17.1. The number of aliphatic carboxylic acids is 1. The van der Waals surface area contributed by atoms with E-state index in [0.717, 1.165) is 12.8 Å². The van der Waals surface area contributed by atoms with Crippen LogP contribution in [-0.2, 0) is 14.3 Å². The quantitative estimate of drug-likeness (QED) is 0.382. The standard InChI is InChI=1S/C19H32O4/c1-3-4-5-6-7-8-9-10-11-12-13-14-16-17(18(20)21)15(2)19(22)23-16/h16H,3-14H2,1-2H3,(H,20,21)/t16-/m0/s1. The molecule has 0 aromatic rings. The number of rotatable bonds is 13. The molecule has 1 aliphatic heterocycles. The molecule has 0 saturated heterocycles. The van der Waals surface area contributed by atoms with Gasteiger partial charge in [-0.15, -0.1) is 0 Å². The molecule has 0 saturated carbocycles. The number of carbonyl (C=O) groups is 2. The van der Waals surface area contributed by atoms with Crippen molar-refractivity contribution in [3.05, 3.63) is 11.1 Å². The number of cyclic esters (lactones) is 1. The first-order valence-corrected chi connectivity index (χ1v) is 9.23. The van der Waals surface area contributed by atoms with Crippen molar-refractivity contribution in [2.45, 2.75) is 97.0 Å². The monoisotopic (exact) mass is 324 g/mol. The first-order valence-electron chi connectivity index (χ1n) is 9.23. The minimum atomic E-state index is -1.03. The van der Waals surface area contributed by atoms with E-state index in [4.69, 9.17) is 9.84 Å². The lowest BCUT2D eigenvalue weighted by molar-refractivity contribution is -0.140. The zero-order valence-corrected chi connectivity index (χ0v) is 14.7. The van der Waals surface area contributed by atoms with E-state index in [1.165, 1.54) is 64.7 Å². The van der Waals surface area contributed by atoms with Crippen LogP contribution in [0.3, 0.4) is 0 Å². The molecule has 132 valence electrons. The lowest BCUT2D eigenvalue weighted by Gasteiger charge is -2.11. The highest BCUT2D eigenvalue weighted by molar-refractivity contribution is 6.03. The van der Waals surface area contributed by atoms with Gasteiger partial charge in [0.1, 0.15) is 6.10 Å². The summed E-state index contributed by atoms with van der Waals surface area (Å²) in [6.45, 7) is 3.77. The number of ether oxygens (including phenoxy) is 1. The van der Waals surface area contributed by atoms with Crippen LogP contribution in [0, 0.1) is 0 Å². The second-order valence-corrected chi connectivity index (χ2v) is 6.56. The Morgan fingerprint density at radius 3 is 1.91 bits per heavy atom. The maximum Gasteiger partial charge on any atom is 0.335 e. The van der Waals surface area contributed by atoms with E-state index in [0.29, 0.717) is 6.42 Å². The van der Waals surface area contributed by atoms with Gasteiger partial charge in [-0.3, -0.25) is 0 Å². The molecule has 0 fully saturated rings. The molecule has 0 unspecified atom stereocenters. The van der Waals surface area contributed by atoms with E-state index in [1.54, 1.807) is 0 Å². The van der Waals surface area contributed by atoms with Gasteiger partial charge in [0.05, 0.1) is 5.57 Å². The normalized spacial score (nSPS) is 17.7. The van der Waals surface area contributed by atoms with Crippen molar-refractivity contribution in [2.24, 2.45) is 0 Å². The molecule has 0 aromatic carbocycles. The summed E-state index contributed by atoms with van der Waals surface area (Å²) in [6.07, 6.45) is 13.9. The van der Waals surface area contributed by atoms with E-state index in [-0.39, 0.29) is 11.1 Å². The van der Waals surface area contributed by atoms with E-state index in [9.17, 15) is 9.59 Å². The summed E-state index contributed by atoms with van der Waals surface area (Å²) in [5.74, 6) is -1.50. The molecule has 1 heterocycles. The van der Waals surface area contributed by atoms with Gasteiger partial charge < -0.3 is 9.84 Å². The molecule has 0 bridgehead atoms. The van der Waals surface area contributed by atoms with Crippen LogP contribution in [-0.4, -0.2) is 23.1 Å². The molecule has 0 radical (unpaired) electrons. The minimum absolute atomic E-state index is 0.155. The molecule has 1 N–H and O–H groups in total. The summed E-state index contributed by atoms with van der Waals surface area (Å²) in [4.78, 5) is 22.6. The molecule has 0 spiro atoms. The summed E-state index contributed by atoms with van der Waals surface area (Å²) in [5, 5.41) is 9.16. The van der Waals surface area contributed by atoms with Crippen LogP contribution in [0.25, 0.3) is 0 Å². The highest BCUT2D eigenvalue weighted by Gasteiger charge is 2.35. The lowest BCUT2D eigenvalue weighted by Crippen LogP contribution is -2.17. The van der Waals surface area contributed by atoms with Crippen molar-refractivity contribution >= 4 is 11.9 Å². The van der Waals surface area contributed by atoms with E-state index < -0.39 is 18.0 Å². The van der Waals surface area contributed by atoms with Gasteiger partial charge in [-0.2, -0.15) is 0 Å². The zero-order valence-electron chi connectivity index (χ0n) is 14.7. The second-order valence-electron chi connectivity index (χ2n) is 6.56. The van der Waals surface area contributed by atoms with Crippen LogP contribution in [0.15, 0.2) is 11.1 Å². The van der Waals surface area contributed by atoms with Crippen molar-refractivity contribution in [3.63, 3.8) is 0 Å². The number of carboxylic acids is 1. The van der Waals surface area contributed by atoms with E-state index in [2.05, 4.69) is 6.92 Å². The second kappa shape index (κ2) is 11.3. The molecule has 0 aromatic heterocycles. The van der Waals surface area contributed by atoms with Gasteiger partial charge >= 0.3 is 11.9 Å². The number of hydrogen-bond acceptors (Lipinski definition) is 3. The molecule has 0 aliphatic carbocycles. The van der Waals surface area contributed by atoms with Gasteiger partial charge in [0.25, 0.3) is 0 Å². The number of unbranched alkanes of at least 4 members (excludes halogenated alkanes) is 10. The number of esters is 1. The fraction of sp³-hybridized carbons (Fsp3) is 0.789. The molecular weight excluding hydrogens is 292 g/mol. The Morgan fingerprint density at radius 2 is 1.43 bits per heavy atom. The fourth-order valence-corrected chi connectivity index (χ4v) is 3.12. The predicted octanol–water partition coefficient (Wildman–Crippen LogP) is 5.01. The van der Waals surface area contributed by atoms with Crippen molar-refractivity contribution in [3.8, 4) is 0 Å². The van der Waals surface area contributed by atoms with Crippen LogP contribution in [0.4, 0.5) is 0 Å². The molecule has 1 rings (SSSR count). The Morgan fingerprint density at radius 1 is 0.957 bits per heavy atom. The van der Waals surface area contributed by atoms with Gasteiger partial charge in [-0.1, -0.05) is 71.1 Å². The highest BCUT2D eigenvalue weighted by atomic mass is 16.5. The number of hydrogen-bond donors (Lipinski definition) is 1. The van der Waals surface area contributed by atoms with Crippen molar-refractivity contribution in [1.82, 2.24) is 0 Å². The van der Waals surface area contributed by atoms with Crippen molar-refractivity contribution in [1.29, 1.82) is 0 Å². The summed E-state index contributed by atoms with van der Waals surface area (Å²) >= 11 is 0. The average Bonchev–Trinajstić information content (AvgIpc) is 2.79. The van der Waals surface area contributed by atoms with Crippen LogP contribution < -0.4 is 0 Å².